The minimum atomic E-state index is -0.981. The number of hydrogen-bond donors (Lipinski definition) is 1. The average molecular weight is 456 g/mol. The number of allylic oxidation sites excluding steroid dienone is 1. The molecule has 1 saturated heterocycles. The topological polar surface area (TPSA) is 66.8 Å². The van der Waals surface area contributed by atoms with E-state index in [4.69, 9.17) is 16.3 Å². The maximum absolute atomic E-state index is 14.2. The van der Waals surface area contributed by atoms with Crippen molar-refractivity contribution in [2.75, 3.05) is 6.61 Å². The standard InChI is InChI=1S/C23H25B2ClFNO4/c1-3-4-18-20(13-32-25(2)31)23(30)28(24-14-29)22(18)11-15-5-7-16(8-6-15)19-12-17(26)9-10-21(19)27/h3,5-10,12,14,18,20,22,24,31H,1,4,11,13H2,2H3. The summed E-state index contributed by atoms with van der Waals surface area (Å²) in [6.45, 7) is 5.39. The van der Waals surface area contributed by atoms with Crippen LogP contribution in [0.3, 0.4) is 0 Å². The van der Waals surface area contributed by atoms with Crippen molar-refractivity contribution in [1.82, 2.24) is 4.81 Å². The first-order chi connectivity index (χ1) is 15.3. The summed E-state index contributed by atoms with van der Waals surface area (Å²) in [7, 11) is -0.987. The fraction of sp³-hybridized carbons (Fsp3) is 0.304. The number of benzene rings is 2. The Balaban J connectivity index is 1.85. The molecule has 0 saturated carbocycles. The third kappa shape index (κ3) is 5.49. The zero-order valence-electron chi connectivity index (χ0n) is 17.9. The van der Waals surface area contributed by atoms with Crippen LogP contribution >= 0.6 is 11.6 Å². The molecule has 1 aliphatic rings. The Hall–Kier alpha value is -2.41. The van der Waals surface area contributed by atoms with Gasteiger partial charge < -0.3 is 19.3 Å². The summed E-state index contributed by atoms with van der Waals surface area (Å²) in [6, 6.07) is 11.6. The van der Waals surface area contributed by atoms with E-state index in [1.165, 1.54) is 19.0 Å². The van der Waals surface area contributed by atoms with Gasteiger partial charge in [0.15, 0.2) is 0 Å². The number of rotatable bonds is 10. The van der Waals surface area contributed by atoms with E-state index >= 15 is 0 Å². The predicted octanol–water partition coefficient (Wildman–Crippen LogP) is 3.38. The van der Waals surface area contributed by atoms with Gasteiger partial charge in [0.25, 0.3) is 0 Å². The summed E-state index contributed by atoms with van der Waals surface area (Å²) in [5.74, 6) is -1.09. The predicted molar refractivity (Wildman–Crippen MR) is 127 cm³/mol. The van der Waals surface area contributed by atoms with Crippen LogP contribution in [0.15, 0.2) is 55.1 Å². The summed E-state index contributed by atoms with van der Waals surface area (Å²) < 4.78 is 19.5. The van der Waals surface area contributed by atoms with Gasteiger partial charge in [0.2, 0.25) is 5.91 Å². The molecule has 5 nitrogen and oxygen atoms in total. The number of carbonyl (C=O) groups is 2. The second-order valence-electron chi connectivity index (χ2n) is 7.98. The van der Waals surface area contributed by atoms with Crippen LogP contribution in [-0.2, 0) is 20.7 Å². The highest BCUT2D eigenvalue weighted by Crippen LogP contribution is 2.36. The average Bonchev–Trinajstić information content (AvgIpc) is 3.00. The fourth-order valence-corrected chi connectivity index (χ4v) is 4.53. The van der Waals surface area contributed by atoms with E-state index in [9.17, 15) is 19.0 Å². The van der Waals surface area contributed by atoms with Crippen molar-refractivity contribution in [3.05, 3.63) is 71.5 Å². The molecule has 3 unspecified atom stereocenters. The maximum atomic E-state index is 14.2. The molecule has 1 fully saturated rings. The molecule has 1 amide bonds. The molecule has 1 aliphatic heterocycles. The molecule has 0 aliphatic carbocycles. The van der Waals surface area contributed by atoms with Gasteiger partial charge in [-0.05, 0) is 54.9 Å². The number of carbonyl (C=O) groups excluding carboxylic acids is 2. The van der Waals surface area contributed by atoms with E-state index in [1.807, 2.05) is 24.3 Å². The summed E-state index contributed by atoms with van der Waals surface area (Å²) in [6.07, 6.45) is 3.58. The Morgan fingerprint density at radius 2 is 2.03 bits per heavy atom. The summed E-state index contributed by atoms with van der Waals surface area (Å²) >= 11 is 6.01. The van der Waals surface area contributed by atoms with Crippen molar-refractivity contribution in [2.45, 2.75) is 25.7 Å². The van der Waals surface area contributed by atoms with Crippen LogP contribution in [0.2, 0.25) is 11.8 Å². The van der Waals surface area contributed by atoms with E-state index in [2.05, 4.69) is 6.58 Å². The van der Waals surface area contributed by atoms with Crippen molar-refractivity contribution >= 4 is 38.2 Å². The molecular weight excluding hydrogens is 430 g/mol. The smallest absolute Gasteiger partial charge is 0.427 e. The quantitative estimate of drug-likeness (QED) is 0.339. The lowest BCUT2D eigenvalue weighted by atomic mass is 9.83. The van der Waals surface area contributed by atoms with Gasteiger partial charge >= 0.3 is 14.5 Å². The lowest BCUT2D eigenvalue weighted by molar-refractivity contribution is -0.128. The molecule has 0 aromatic heterocycles. The summed E-state index contributed by atoms with van der Waals surface area (Å²) in [5, 5.41) is 9.94. The largest absolute Gasteiger partial charge is 0.450 e. The van der Waals surface area contributed by atoms with E-state index < -0.39 is 13.0 Å². The van der Waals surface area contributed by atoms with E-state index in [1.54, 1.807) is 17.0 Å². The van der Waals surface area contributed by atoms with Crippen LogP contribution < -0.4 is 0 Å². The van der Waals surface area contributed by atoms with Gasteiger partial charge in [-0.3, -0.25) is 4.79 Å². The molecule has 0 bridgehead atoms. The molecule has 0 spiro atoms. The second kappa shape index (κ2) is 10.9. The molecule has 1 N–H and O–H groups in total. The summed E-state index contributed by atoms with van der Waals surface area (Å²) in [4.78, 5) is 25.9. The Morgan fingerprint density at radius 3 is 2.66 bits per heavy atom. The van der Waals surface area contributed by atoms with Crippen molar-refractivity contribution in [1.29, 1.82) is 0 Å². The zero-order chi connectivity index (χ0) is 23.3. The number of halogens is 2. The van der Waals surface area contributed by atoms with Gasteiger partial charge in [0.1, 0.15) is 12.0 Å². The van der Waals surface area contributed by atoms with Gasteiger partial charge in [0, 0.05) is 23.2 Å². The molecule has 9 heteroatoms. The van der Waals surface area contributed by atoms with Crippen molar-refractivity contribution in [2.24, 2.45) is 11.8 Å². The lowest BCUT2D eigenvalue weighted by Gasteiger charge is -2.27. The van der Waals surface area contributed by atoms with E-state index in [0.29, 0.717) is 29.0 Å². The SMILES string of the molecule is C=CCC1C(COB(C)O)C(=O)N(BC=O)C1Cc1ccc(-c2cc(Cl)ccc2F)cc1. The molecule has 2 aromatic carbocycles. The molecule has 166 valence electrons. The van der Waals surface area contributed by atoms with Crippen LogP contribution in [0.5, 0.6) is 0 Å². The number of hydrogen-bond acceptors (Lipinski definition) is 4. The Morgan fingerprint density at radius 1 is 1.31 bits per heavy atom. The molecule has 3 atom stereocenters. The maximum Gasteiger partial charge on any atom is 0.450 e. The zero-order valence-corrected chi connectivity index (χ0v) is 18.7. The Bertz CT molecular complexity index is 973. The molecule has 0 radical (unpaired) electrons. The first kappa shape index (κ1) is 24.2. The van der Waals surface area contributed by atoms with Crippen LogP contribution in [0.1, 0.15) is 12.0 Å². The number of amides is 1. The minimum Gasteiger partial charge on any atom is -0.427 e. The molecule has 3 rings (SSSR count). The summed E-state index contributed by atoms with van der Waals surface area (Å²) in [5.41, 5.74) is 2.07. The monoisotopic (exact) mass is 455 g/mol. The van der Waals surface area contributed by atoms with E-state index in [0.717, 1.165) is 11.7 Å². The van der Waals surface area contributed by atoms with Crippen molar-refractivity contribution in [3.8, 4) is 11.1 Å². The Kier molecular flexibility index (Phi) is 8.29. The molecule has 1 heterocycles. The van der Waals surface area contributed by atoms with Crippen LogP contribution in [0, 0.1) is 17.7 Å². The highest BCUT2D eigenvalue weighted by molar-refractivity contribution is 6.66. The van der Waals surface area contributed by atoms with Crippen LogP contribution in [0.4, 0.5) is 4.39 Å². The van der Waals surface area contributed by atoms with Crippen LogP contribution in [0.25, 0.3) is 11.1 Å². The van der Waals surface area contributed by atoms with Crippen LogP contribution in [-0.4, -0.2) is 49.1 Å². The highest BCUT2D eigenvalue weighted by atomic mass is 35.5. The third-order valence-electron chi connectivity index (χ3n) is 5.88. The number of nitrogens with zero attached hydrogens (tertiary/aromatic N) is 1. The first-order valence-corrected chi connectivity index (χ1v) is 10.9. The van der Waals surface area contributed by atoms with Crippen molar-refractivity contribution < 1.29 is 23.7 Å². The minimum absolute atomic E-state index is 0.00582. The molecule has 2 aromatic rings. The van der Waals surface area contributed by atoms with Crippen molar-refractivity contribution in [3.63, 3.8) is 0 Å². The first-order valence-electron chi connectivity index (χ1n) is 10.5. The highest BCUT2D eigenvalue weighted by Gasteiger charge is 2.46. The Labute approximate surface area is 193 Å². The molecule has 32 heavy (non-hydrogen) atoms. The second-order valence-corrected chi connectivity index (χ2v) is 8.41. The third-order valence-corrected chi connectivity index (χ3v) is 6.11. The van der Waals surface area contributed by atoms with Gasteiger partial charge in [-0.25, -0.2) is 4.39 Å². The van der Waals surface area contributed by atoms with E-state index in [-0.39, 0.29) is 37.7 Å². The van der Waals surface area contributed by atoms with Gasteiger partial charge in [-0.2, -0.15) is 0 Å². The van der Waals surface area contributed by atoms with Gasteiger partial charge in [0.05, 0.1) is 5.92 Å². The normalized spacial score (nSPS) is 20.3. The van der Waals surface area contributed by atoms with Gasteiger partial charge in [-0.1, -0.05) is 41.9 Å². The fourth-order valence-electron chi connectivity index (χ4n) is 4.36. The van der Waals surface area contributed by atoms with Gasteiger partial charge in [-0.15, -0.1) is 6.58 Å². The lowest BCUT2D eigenvalue weighted by Crippen LogP contribution is -2.40. The molecular formula is C23H25B2ClFNO4.